The number of ether oxygens (including phenoxy) is 2. The first kappa shape index (κ1) is 20.8. The molecule has 8 nitrogen and oxygen atoms in total. The Balaban J connectivity index is 1.75. The predicted octanol–water partition coefficient (Wildman–Crippen LogP) is 1.76. The minimum atomic E-state index is -0.294. The van der Waals surface area contributed by atoms with Crippen LogP contribution in [0.5, 0.6) is 0 Å². The summed E-state index contributed by atoms with van der Waals surface area (Å²) in [6, 6.07) is 0. The number of hydrogen-bond donors (Lipinski definition) is 2. The van der Waals surface area contributed by atoms with Gasteiger partial charge in [-0.05, 0) is 39.0 Å². The second-order valence-electron chi connectivity index (χ2n) is 7.96. The van der Waals surface area contributed by atoms with Crippen LogP contribution in [0.1, 0.15) is 56.7 Å². The summed E-state index contributed by atoms with van der Waals surface area (Å²) in [6.07, 6.45) is 4.63. The number of esters is 1. The van der Waals surface area contributed by atoms with E-state index in [9.17, 15) is 9.90 Å². The Morgan fingerprint density at radius 1 is 1.39 bits per heavy atom. The van der Waals surface area contributed by atoms with Gasteiger partial charge in [0, 0.05) is 37.2 Å². The maximum Gasteiger partial charge on any atom is 0.305 e. The summed E-state index contributed by atoms with van der Waals surface area (Å²) in [5, 5.41) is 10.3. The van der Waals surface area contributed by atoms with Crippen molar-refractivity contribution in [3.8, 4) is 0 Å². The van der Waals surface area contributed by atoms with Gasteiger partial charge in [-0.1, -0.05) is 6.92 Å². The molecule has 1 aromatic heterocycles. The number of carbonyl (C=O) groups excluding carboxylic acids is 1. The molecule has 156 valence electrons. The highest BCUT2D eigenvalue weighted by molar-refractivity contribution is 5.70. The van der Waals surface area contributed by atoms with Gasteiger partial charge in [0.05, 0.1) is 24.9 Å². The Bertz CT molecular complexity index is 704. The fraction of sp³-hybridized carbons (Fsp3) is 0.750. The fourth-order valence-electron chi connectivity index (χ4n) is 4.45. The molecule has 0 amide bonds. The van der Waals surface area contributed by atoms with Crippen LogP contribution in [-0.2, 0) is 20.7 Å². The predicted molar refractivity (Wildman–Crippen MR) is 106 cm³/mol. The van der Waals surface area contributed by atoms with Gasteiger partial charge in [-0.25, -0.2) is 4.98 Å². The average molecular weight is 393 g/mol. The topological polar surface area (TPSA) is 111 Å². The second kappa shape index (κ2) is 8.61. The summed E-state index contributed by atoms with van der Waals surface area (Å²) in [5.74, 6) is 0.784. The molecule has 2 atom stereocenters. The summed E-state index contributed by atoms with van der Waals surface area (Å²) in [4.78, 5) is 22.6. The highest BCUT2D eigenvalue weighted by Crippen LogP contribution is 2.39. The number of aromatic nitrogens is 2. The molecule has 28 heavy (non-hydrogen) atoms. The largest absolute Gasteiger partial charge is 0.469 e. The van der Waals surface area contributed by atoms with E-state index in [1.54, 1.807) is 0 Å². The van der Waals surface area contributed by atoms with Gasteiger partial charge in [0.2, 0.25) is 5.95 Å². The van der Waals surface area contributed by atoms with Gasteiger partial charge in [0.25, 0.3) is 0 Å². The van der Waals surface area contributed by atoms with Gasteiger partial charge < -0.3 is 25.2 Å². The van der Waals surface area contributed by atoms with Crippen molar-refractivity contribution in [1.29, 1.82) is 0 Å². The van der Waals surface area contributed by atoms with Crippen LogP contribution in [0, 0.1) is 6.92 Å². The molecule has 1 aromatic rings. The maximum absolute atomic E-state index is 11.6. The highest BCUT2D eigenvalue weighted by Gasteiger charge is 2.43. The number of nitrogens with two attached hydrogens (primary N) is 1. The minimum Gasteiger partial charge on any atom is -0.469 e. The monoisotopic (exact) mass is 392 g/mol. The van der Waals surface area contributed by atoms with E-state index in [1.165, 1.54) is 7.11 Å². The normalized spacial score (nSPS) is 24.4. The second-order valence-corrected chi connectivity index (χ2v) is 7.96. The van der Waals surface area contributed by atoms with Crippen LogP contribution >= 0.6 is 0 Å². The molecular weight excluding hydrogens is 360 g/mol. The summed E-state index contributed by atoms with van der Waals surface area (Å²) >= 11 is 0. The maximum atomic E-state index is 11.6. The van der Waals surface area contributed by atoms with Gasteiger partial charge in [0.15, 0.2) is 0 Å². The molecule has 3 heterocycles. The number of methoxy groups -OCH3 is 1. The molecule has 1 spiro atoms. The zero-order chi connectivity index (χ0) is 20.3. The summed E-state index contributed by atoms with van der Waals surface area (Å²) < 4.78 is 11.2. The Morgan fingerprint density at radius 3 is 2.75 bits per heavy atom. The molecule has 0 saturated carbocycles. The number of hydrogen-bond acceptors (Lipinski definition) is 8. The van der Waals surface area contributed by atoms with Crippen molar-refractivity contribution in [2.75, 3.05) is 30.8 Å². The lowest BCUT2D eigenvalue weighted by atomic mass is 9.81. The smallest absolute Gasteiger partial charge is 0.305 e. The number of aliphatic hydroxyl groups excluding tert-OH is 1. The van der Waals surface area contributed by atoms with Gasteiger partial charge in [0.1, 0.15) is 5.82 Å². The van der Waals surface area contributed by atoms with Crippen molar-refractivity contribution in [2.24, 2.45) is 0 Å². The molecule has 0 unspecified atom stereocenters. The average Bonchev–Trinajstić information content (AvgIpc) is 2.66. The SMILES string of the molecule is CC[C@H]1C[C@@H](O)CC2(CCN(c3nc(N)nc(C)c3CCC(=O)OC)CC2)O1. The van der Waals surface area contributed by atoms with Gasteiger partial charge >= 0.3 is 5.97 Å². The van der Waals surface area contributed by atoms with Crippen LogP contribution in [0.2, 0.25) is 0 Å². The fourth-order valence-corrected chi connectivity index (χ4v) is 4.45. The number of piperidine rings is 1. The number of anilines is 2. The van der Waals surface area contributed by atoms with Crippen LogP contribution in [0.25, 0.3) is 0 Å². The van der Waals surface area contributed by atoms with Crippen molar-refractivity contribution < 1.29 is 19.4 Å². The van der Waals surface area contributed by atoms with Crippen LogP contribution in [-0.4, -0.2) is 59.1 Å². The van der Waals surface area contributed by atoms with Gasteiger partial charge in [-0.3, -0.25) is 4.79 Å². The molecule has 2 aliphatic heterocycles. The number of nitrogens with zero attached hydrogens (tertiary/aromatic N) is 3. The lowest BCUT2D eigenvalue weighted by molar-refractivity contribution is -0.171. The Hall–Kier alpha value is -1.93. The van der Waals surface area contributed by atoms with Crippen LogP contribution in [0.3, 0.4) is 0 Å². The first-order valence-corrected chi connectivity index (χ1v) is 10.2. The zero-order valence-corrected chi connectivity index (χ0v) is 17.1. The van der Waals surface area contributed by atoms with Crippen molar-refractivity contribution in [2.45, 2.75) is 76.6 Å². The Labute approximate surface area is 166 Å². The number of nitrogen functional groups attached to an aromatic ring is 1. The molecule has 0 aromatic carbocycles. The Kier molecular flexibility index (Phi) is 6.40. The third-order valence-corrected chi connectivity index (χ3v) is 6.00. The quantitative estimate of drug-likeness (QED) is 0.729. The molecule has 2 aliphatic rings. The molecule has 0 bridgehead atoms. The molecule has 2 fully saturated rings. The molecule has 8 heteroatoms. The van der Waals surface area contributed by atoms with E-state index in [0.717, 1.165) is 55.8 Å². The van der Waals surface area contributed by atoms with E-state index >= 15 is 0 Å². The number of rotatable bonds is 5. The first-order valence-electron chi connectivity index (χ1n) is 10.2. The minimum absolute atomic E-state index is 0.128. The molecule has 2 saturated heterocycles. The molecule has 0 aliphatic carbocycles. The zero-order valence-electron chi connectivity index (χ0n) is 17.1. The van der Waals surface area contributed by atoms with Crippen molar-refractivity contribution in [3.05, 3.63) is 11.3 Å². The summed E-state index contributed by atoms with van der Waals surface area (Å²) in [7, 11) is 1.39. The van der Waals surface area contributed by atoms with E-state index in [4.69, 9.17) is 15.2 Å². The molecule has 3 rings (SSSR count). The highest BCUT2D eigenvalue weighted by atomic mass is 16.5. The van der Waals surface area contributed by atoms with E-state index in [1.807, 2.05) is 6.92 Å². The number of aliphatic hydroxyl groups is 1. The molecular formula is C20H32N4O4. The summed E-state index contributed by atoms with van der Waals surface area (Å²) in [5.41, 5.74) is 7.38. The van der Waals surface area contributed by atoms with Crippen LogP contribution in [0.4, 0.5) is 11.8 Å². The van der Waals surface area contributed by atoms with E-state index < -0.39 is 0 Å². The van der Waals surface area contributed by atoms with Crippen molar-refractivity contribution >= 4 is 17.7 Å². The Morgan fingerprint density at radius 2 is 2.11 bits per heavy atom. The molecule has 3 N–H and O–H groups in total. The lowest BCUT2D eigenvalue weighted by Gasteiger charge is -2.48. The third-order valence-electron chi connectivity index (χ3n) is 6.00. The lowest BCUT2D eigenvalue weighted by Crippen LogP contribution is -2.53. The van der Waals surface area contributed by atoms with E-state index in [0.29, 0.717) is 12.8 Å². The van der Waals surface area contributed by atoms with Crippen molar-refractivity contribution in [3.63, 3.8) is 0 Å². The summed E-state index contributed by atoms with van der Waals surface area (Å²) in [6.45, 7) is 5.53. The van der Waals surface area contributed by atoms with Crippen LogP contribution < -0.4 is 10.6 Å². The third kappa shape index (κ3) is 4.55. The first-order chi connectivity index (χ1) is 13.4. The number of carbonyl (C=O) groups is 1. The van der Waals surface area contributed by atoms with E-state index in [2.05, 4.69) is 21.8 Å². The number of aryl methyl sites for hydroxylation is 1. The van der Waals surface area contributed by atoms with Gasteiger partial charge in [-0.2, -0.15) is 4.98 Å². The van der Waals surface area contributed by atoms with Crippen LogP contribution in [0.15, 0.2) is 0 Å². The van der Waals surface area contributed by atoms with Crippen molar-refractivity contribution in [1.82, 2.24) is 9.97 Å². The molecule has 0 radical (unpaired) electrons. The van der Waals surface area contributed by atoms with Gasteiger partial charge in [-0.15, -0.1) is 0 Å². The standard InChI is InChI=1S/C20H32N4O4/c1-4-15-11-14(25)12-20(28-15)7-9-24(10-8-20)18-16(5-6-17(26)27-3)13(2)22-19(21)23-18/h14-15,25H,4-12H2,1-3H3,(H2,21,22,23)/t14-,15+/m1/s1. The van der Waals surface area contributed by atoms with E-state index in [-0.39, 0.29) is 36.1 Å².